The first-order valence-electron chi connectivity index (χ1n) is 4.79. The molecule has 0 aromatic carbocycles. The zero-order valence-electron chi connectivity index (χ0n) is 7.56. The van der Waals surface area contributed by atoms with Crippen LogP contribution in [0, 0.1) is 0 Å². The number of hydrogen-bond donors (Lipinski definition) is 1. The van der Waals surface area contributed by atoms with Crippen molar-refractivity contribution in [2.45, 2.75) is 44.8 Å². The van der Waals surface area contributed by atoms with Gasteiger partial charge in [0.1, 0.15) is 6.61 Å². The lowest BCUT2D eigenvalue weighted by Crippen LogP contribution is -2.16. The zero-order chi connectivity index (χ0) is 9.10. The van der Waals surface area contributed by atoms with Gasteiger partial charge in [-0.25, -0.2) is 4.68 Å². The fourth-order valence-corrected chi connectivity index (χ4v) is 1.93. The highest BCUT2D eigenvalue weighted by atomic mass is 16.3. The van der Waals surface area contributed by atoms with Gasteiger partial charge in [-0.05, 0) is 23.3 Å². The van der Waals surface area contributed by atoms with E-state index < -0.39 is 0 Å². The van der Waals surface area contributed by atoms with E-state index in [1.54, 1.807) is 4.68 Å². The highest BCUT2D eigenvalue weighted by molar-refractivity contribution is 4.82. The van der Waals surface area contributed by atoms with Crippen LogP contribution in [0.2, 0.25) is 0 Å². The first kappa shape index (κ1) is 8.62. The Morgan fingerprint density at radius 3 is 2.77 bits per heavy atom. The Bertz CT molecular complexity index is 267. The van der Waals surface area contributed by atoms with Crippen molar-refractivity contribution in [2.75, 3.05) is 0 Å². The van der Waals surface area contributed by atoms with Gasteiger partial charge in [-0.3, -0.25) is 0 Å². The molecule has 13 heavy (non-hydrogen) atoms. The molecule has 1 aliphatic rings. The molecule has 72 valence electrons. The molecule has 1 fully saturated rings. The van der Waals surface area contributed by atoms with Crippen LogP contribution in [0.4, 0.5) is 0 Å². The number of hydrogen-bond acceptors (Lipinski definition) is 4. The Morgan fingerprint density at radius 2 is 2.08 bits per heavy atom. The molecule has 2 rings (SSSR count). The van der Waals surface area contributed by atoms with Crippen LogP contribution in [0.5, 0.6) is 0 Å². The predicted molar refractivity (Wildman–Crippen MR) is 45.9 cm³/mol. The Kier molecular flexibility index (Phi) is 2.54. The Morgan fingerprint density at radius 1 is 1.31 bits per heavy atom. The third-order valence-corrected chi connectivity index (χ3v) is 2.62. The first-order valence-corrected chi connectivity index (χ1v) is 4.79. The van der Waals surface area contributed by atoms with E-state index in [1.807, 2.05) is 0 Å². The molecular weight excluding hydrogens is 168 g/mol. The molecule has 1 aromatic rings. The van der Waals surface area contributed by atoms with Crippen LogP contribution in [0.3, 0.4) is 0 Å². The lowest BCUT2D eigenvalue weighted by Gasteiger charge is -2.21. The van der Waals surface area contributed by atoms with Gasteiger partial charge in [0.2, 0.25) is 0 Å². The second-order valence-corrected chi connectivity index (χ2v) is 3.49. The molecule has 0 amide bonds. The fraction of sp³-hybridized carbons (Fsp3) is 0.875. The van der Waals surface area contributed by atoms with E-state index in [4.69, 9.17) is 5.11 Å². The van der Waals surface area contributed by atoms with E-state index in [1.165, 1.54) is 19.3 Å². The summed E-state index contributed by atoms with van der Waals surface area (Å²) in [5.74, 6) is 0.590. The maximum Gasteiger partial charge on any atom is 0.177 e. The van der Waals surface area contributed by atoms with Gasteiger partial charge >= 0.3 is 0 Å². The SMILES string of the molecule is OCc1nnnn1C1CCCCC1. The lowest BCUT2D eigenvalue weighted by molar-refractivity contribution is 0.243. The predicted octanol–water partition coefficient (Wildman–Crippen LogP) is 0.671. The molecule has 0 bridgehead atoms. The van der Waals surface area contributed by atoms with E-state index in [-0.39, 0.29) is 6.61 Å². The van der Waals surface area contributed by atoms with Crippen molar-refractivity contribution in [1.82, 2.24) is 20.2 Å². The molecule has 0 atom stereocenters. The number of nitrogens with zero attached hydrogens (tertiary/aromatic N) is 4. The summed E-state index contributed by atoms with van der Waals surface area (Å²) in [6.45, 7) is -0.0660. The molecule has 5 heteroatoms. The minimum Gasteiger partial charge on any atom is -0.388 e. The van der Waals surface area contributed by atoms with Crippen LogP contribution in [0.15, 0.2) is 0 Å². The highest BCUT2D eigenvalue weighted by Crippen LogP contribution is 2.27. The summed E-state index contributed by atoms with van der Waals surface area (Å²) < 4.78 is 1.78. The molecule has 1 N–H and O–H groups in total. The van der Waals surface area contributed by atoms with Crippen LogP contribution < -0.4 is 0 Å². The molecule has 0 aliphatic heterocycles. The summed E-state index contributed by atoms with van der Waals surface area (Å²) in [5.41, 5.74) is 0. The summed E-state index contributed by atoms with van der Waals surface area (Å²) in [6, 6.07) is 0.408. The van der Waals surface area contributed by atoms with Gasteiger partial charge in [0.25, 0.3) is 0 Å². The molecule has 0 unspecified atom stereocenters. The maximum absolute atomic E-state index is 8.97. The number of aliphatic hydroxyl groups is 1. The molecule has 0 saturated heterocycles. The minimum atomic E-state index is -0.0660. The van der Waals surface area contributed by atoms with Crippen LogP contribution in [0.1, 0.15) is 44.0 Å². The number of aliphatic hydroxyl groups excluding tert-OH is 1. The van der Waals surface area contributed by atoms with Gasteiger partial charge in [-0.1, -0.05) is 19.3 Å². The van der Waals surface area contributed by atoms with Gasteiger partial charge in [0.15, 0.2) is 5.82 Å². The zero-order valence-corrected chi connectivity index (χ0v) is 7.56. The number of tetrazole rings is 1. The van der Waals surface area contributed by atoms with Crippen molar-refractivity contribution in [2.24, 2.45) is 0 Å². The summed E-state index contributed by atoms with van der Waals surface area (Å²) in [6.07, 6.45) is 6.08. The van der Waals surface area contributed by atoms with E-state index in [9.17, 15) is 0 Å². The minimum absolute atomic E-state index is 0.0660. The second kappa shape index (κ2) is 3.83. The third-order valence-electron chi connectivity index (χ3n) is 2.62. The lowest BCUT2D eigenvalue weighted by atomic mass is 9.96. The van der Waals surface area contributed by atoms with Crippen LogP contribution >= 0.6 is 0 Å². The van der Waals surface area contributed by atoms with Crippen molar-refractivity contribution in [1.29, 1.82) is 0 Å². The van der Waals surface area contributed by atoms with E-state index in [0.717, 1.165) is 12.8 Å². The molecule has 1 aromatic heterocycles. The van der Waals surface area contributed by atoms with Crippen molar-refractivity contribution in [3.63, 3.8) is 0 Å². The molecular formula is C8H14N4O. The van der Waals surface area contributed by atoms with E-state index >= 15 is 0 Å². The largest absolute Gasteiger partial charge is 0.388 e. The van der Waals surface area contributed by atoms with Gasteiger partial charge < -0.3 is 5.11 Å². The maximum atomic E-state index is 8.97. The monoisotopic (exact) mass is 182 g/mol. The first-order chi connectivity index (χ1) is 6.42. The molecule has 0 spiro atoms. The molecule has 1 heterocycles. The highest BCUT2D eigenvalue weighted by Gasteiger charge is 2.19. The average molecular weight is 182 g/mol. The number of rotatable bonds is 2. The molecule has 0 radical (unpaired) electrons. The molecule has 5 nitrogen and oxygen atoms in total. The van der Waals surface area contributed by atoms with E-state index in [0.29, 0.717) is 11.9 Å². The van der Waals surface area contributed by atoms with Crippen molar-refractivity contribution < 1.29 is 5.11 Å². The van der Waals surface area contributed by atoms with Crippen LogP contribution in [-0.2, 0) is 6.61 Å². The van der Waals surface area contributed by atoms with Crippen LogP contribution in [0.25, 0.3) is 0 Å². The average Bonchev–Trinajstić information content (AvgIpc) is 2.67. The molecule has 1 saturated carbocycles. The topological polar surface area (TPSA) is 63.8 Å². The van der Waals surface area contributed by atoms with E-state index in [2.05, 4.69) is 15.5 Å². The summed E-state index contributed by atoms with van der Waals surface area (Å²) in [5, 5.41) is 20.2. The van der Waals surface area contributed by atoms with Crippen molar-refractivity contribution >= 4 is 0 Å². The summed E-state index contributed by atoms with van der Waals surface area (Å²) in [4.78, 5) is 0. The Hall–Kier alpha value is -0.970. The van der Waals surface area contributed by atoms with Gasteiger partial charge in [-0.15, -0.1) is 5.10 Å². The summed E-state index contributed by atoms with van der Waals surface area (Å²) >= 11 is 0. The van der Waals surface area contributed by atoms with Crippen molar-refractivity contribution in [3.05, 3.63) is 5.82 Å². The Labute approximate surface area is 76.8 Å². The standard InChI is InChI=1S/C8H14N4O/c13-6-8-9-10-11-12(8)7-4-2-1-3-5-7/h7,13H,1-6H2. The smallest absolute Gasteiger partial charge is 0.177 e. The van der Waals surface area contributed by atoms with Crippen LogP contribution in [-0.4, -0.2) is 25.3 Å². The van der Waals surface area contributed by atoms with Gasteiger partial charge in [0.05, 0.1) is 6.04 Å². The third kappa shape index (κ3) is 1.70. The summed E-state index contributed by atoms with van der Waals surface area (Å²) in [7, 11) is 0. The second-order valence-electron chi connectivity index (χ2n) is 3.49. The quantitative estimate of drug-likeness (QED) is 0.730. The van der Waals surface area contributed by atoms with Gasteiger partial charge in [-0.2, -0.15) is 0 Å². The van der Waals surface area contributed by atoms with Gasteiger partial charge in [0, 0.05) is 0 Å². The normalized spacial score (nSPS) is 19.2. The van der Waals surface area contributed by atoms with Crippen molar-refractivity contribution in [3.8, 4) is 0 Å². The number of aromatic nitrogens is 4. The fourth-order valence-electron chi connectivity index (χ4n) is 1.93. The Balaban J connectivity index is 2.13. The molecule has 1 aliphatic carbocycles.